The first kappa shape index (κ1) is 14.3. The van der Waals surface area contributed by atoms with Gasteiger partial charge >= 0.3 is 0 Å². The van der Waals surface area contributed by atoms with Crippen molar-refractivity contribution in [2.45, 2.75) is 38.4 Å². The first-order chi connectivity index (χ1) is 8.81. The zero-order valence-electron chi connectivity index (χ0n) is 10.9. The molecule has 0 spiro atoms. The standard InChI is InChI=1S/C15H21IO2/c1-12-6-2-3-8-14(12)15(10-16)18-11-13-7-4-5-9-17-13/h2-3,6,8,13,15H,4-5,7,9-11H2,1H3. The van der Waals surface area contributed by atoms with E-state index in [1.807, 2.05) is 0 Å². The molecular formula is C15H21IO2. The fourth-order valence-corrected chi connectivity index (χ4v) is 3.06. The fraction of sp³-hybridized carbons (Fsp3) is 0.600. The lowest BCUT2D eigenvalue weighted by Gasteiger charge is -2.25. The molecule has 0 bridgehead atoms. The molecule has 1 saturated heterocycles. The minimum absolute atomic E-state index is 0.192. The highest BCUT2D eigenvalue weighted by Gasteiger charge is 2.18. The monoisotopic (exact) mass is 360 g/mol. The lowest BCUT2D eigenvalue weighted by Crippen LogP contribution is -2.25. The zero-order chi connectivity index (χ0) is 12.8. The largest absolute Gasteiger partial charge is 0.376 e. The van der Waals surface area contributed by atoms with Crippen LogP contribution in [0.3, 0.4) is 0 Å². The fourth-order valence-electron chi connectivity index (χ4n) is 2.33. The van der Waals surface area contributed by atoms with Gasteiger partial charge in [0.05, 0.1) is 18.8 Å². The molecule has 0 saturated carbocycles. The van der Waals surface area contributed by atoms with Crippen molar-refractivity contribution in [1.82, 2.24) is 0 Å². The molecule has 1 fully saturated rings. The van der Waals surface area contributed by atoms with Crippen LogP contribution in [-0.2, 0) is 9.47 Å². The van der Waals surface area contributed by atoms with Crippen molar-refractivity contribution in [1.29, 1.82) is 0 Å². The van der Waals surface area contributed by atoms with Gasteiger partial charge in [-0.3, -0.25) is 0 Å². The highest BCUT2D eigenvalue weighted by Crippen LogP contribution is 2.24. The summed E-state index contributed by atoms with van der Waals surface area (Å²) >= 11 is 2.40. The summed E-state index contributed by atoms with van der Waals surface area (Å²) in [5.74, 6) is 0. The molecule has 1 aromatic carbocycles. The molecule has 2 unspecified atom stereocenters. The minimum atomic E-state index is 0.192. The van der Waals surface area contributed by atoms with E-state index in [-0.39, 0.29) is 6.10 Å². The molecule has 0 aliphatic carbocycles. The zero-order valence-corrected chi connectivity index (χ0v) is 13.1. The van der Waals surface area contributed by atoms with Crippen LogP contribution in [0.1, 0.15) is 36.5 Å². The van der Waals surface area contributed by atoms with E-state index in [0.29, 0.717) is 6.10 Å². The van der Waals surface area contributed by atoms with Crippen molar-refractivity contribution in [3.05, 3.63) is 35.4 Å². The Morgan fingerprint density at radius 2 is 2.22 bits per heavy atom. The third kappa shape index (κ3) is 3.93. The van der Waals surface area contributed by atoms with E-state index in [1.54, 1.807) is 0 Å². The molecule has 2 rings (SSSR count). The molecule has 0 aromatic heterocycles. The van der Waals surface area contributed by atoms with Gasteiger partial charge in [-0.15, -0.1) is 0 Å². The summed E-state index contributed by atoms with van der Waals surface area (Å²) < 4.78 is 12.8. The van der Waals surface area contributed by atoms with Gasteiger partial charge in [0.25, 0.3) is 0 Å². The second-order valence-corrected chi connectivity index (χ2v) is 5.70. The van der Waals surface area contributed by atoms with Crippen LogP contribution in [0.25, 0.3) is 0 Å². The van der Waals surface area contributed by atoms with Gasteiger partial charge in [-0.1, -0.05) is 46.9 Å². The Balaban J connectivity index is 1.91. The highest BCUT2D eigenvalue weighted by molar-refractivity contribution is 14.1. The smallest absolute Gasteiger partial charge is 0.0918 e. The Hall–Kier alpha value is -0.130. The van der Waals surface area contributed by atoms with E-state index in [9.17, 15) is 0 Å². The molecule has 2 nitrogen and oxygen atoms in total. The van der Waals surface area contributed by atoms with Crippen molar-refractivity contribution in [3.8, 4) is 0 Å². The molecular weight excluding hydrogens is 339 g/mol. The number of benzene rings is 1. The topological polar surface area (TPSA) is 18.5 Å². The maximum Gasteiger partial charge on any atom is 0.0918 e. The molecule has 1 aliphatic rings. The Kier molecular flexibility index (Phi) is 5.92. The van der Waals surface area contributed by atoms with Crippen LogP contribution in [0.5, 0.6) is 0 Å². The number of halogens is 1. The molecule has 0 N–H and O–H groups in total. The van der Waals surface area contributed by atoms with Crippen molar-refractivity contribution in [2.24, 2.45) is 0 Å². The van der Waals surface area contributed by atoms with Crippen molar-refractivity contribution >= 4 is 22.6 Å². The average molecular weight is 360 g/mol. The van der Waals surface area contributed by atoms with Gasteiger partial charge in [0.1, 0.15) is 0 Å². The number of rotatable bonds is 5. The summed E-state index contributed by atoms with van der Waals surface area (Å²) in [5, 5.41) is 0. The Bertz CT molecular complexity index is 361. The van der Waals surface area contributed by atoms with Crippen LogP contribution in [0.4, 0.5) is 0 Å². The lowest BCUT2D eigenvalue weighted by atomic mass is 10.0. The summed E-state index contributed by atoms with van der Waals surface area (Å²) in [6, 6.07) is 8.48. The molecule has 18 heavy (non-hydrogen) atoms. The van der Waals surface area contributed by atoms with Crippen LogP contribution in [0.15, 0.2) is 24.3 Å². The quantitative estimate of drug-likeness (QED) is 0.583. The molecule has 0 radical (unpaired) electrons. The van der Waals surface area contributed by atoms with Gasteiger partial charge < -0.3 is 9.47 Å². The van der Waals surface area contributed by atoms with Crippen LogP contribution in [0, 0.1) is 6.92 Å². The van der Waals surface area contributed by atoms with Gasteiger partial charge in [-0.2, -0.15) is 0 Å². The molecule has 1 aromatic rings. The first-order valence-electron chi connectivity index (χ1n) is 6.66. The number of hydrogen-bond acceptors (Lipinski definition) is 2. The van der Waals surface area contributed by atoms with Gasteiger partial charge in [0.15, 0.2) is 0 Å². The predicted molar refractivity (Wildman–Crippen MR) is 82.4 cm³/mol. The van der Waals surface area contributed by atoms with E-state index in [1.165, 1.54) is 24.0 Å². The van der Waals surface area contributed by atoms with Crippen molar-refractivity contribution < 1.29 is 9.47 Å². The number of aryl methyl sites for hydroxylation is 1. The maximum absolute atomic E-state index is 6.07. The lowest BCUT2D eigenvalue weighted by molar-refractivity contribution is -0.0583. The third-order valence-corrected chi connectivity index (χ3v) is 4.23. The van der Waals surface area contributed by atoms with Crippen molar-refractivity contribution in [3.63, 3.8) is 0 Å². The van der Waals surface area contributed by atoms with Gasteiger partial charge in [-0.05, 0) is 37.3 Å². The SMILES string of the molecule is Cc1ccccc1C(CI)OCC1CCCCO1. The highest BCUT2D eigenvalue weighted by atomic mass is 127. The number of alkyl halides is 1. The summed E-state index contributed by atoms with van der Waals surface area (Å²) in [5.41, 5.74) is 2.62. The first-order valence-corrected chi connectivity index (χ1v) is 8.18. The summed E-state index contributed by atoms with van der Waals surface area (Å²) in [6.45, 7) is 3.77. The molecule has 2 atom stereocenters. The summed E-state index contributed by atoms with van der Waals surface area (Å²) in [6.07, 6.45) is 4.10. The van der Waals surface area contributed by atoms with E-state index in [4.69, 9.17) is 9.47 Å². The van der Waals surface area contributed by atoms with Crippen LogP contribution < -0.4 is 0 Å². The number of hydrogen-bond donors (Lipinski definition) is 0. The summed E-state index contributed by atoms with van der Waals surface area (Å²) in [7, 11) is 0. The molecule has 0 amide bonds. The van der Waals surface area contributed by atoms with E-state index < -0.39 is 0 Å². The van der Waals surface area contributed by atoms with Crippen LogP contribution >= 0.6 is 22.6 Å². The van der Waals surface area contributed by atoms with Gasteiger partial charge in [0.2, 0.25) is 0 Å². The van der Waals surface area contributed by atoms with Gasteiger partial charge in [0, 0.05) is 11.0 Å². The van der Waals surface area contributed by atoms with Crippen molar-refractivity contribution in [2.75, 3.05) is 17.6 Å². The van der Waals surface area contributed by atoms with Crippen LogP contribution in [0.2, 0.25) is 0 Å². The van der Waals surface area contributed by atoms with Crippen LogP contribution in [-0.4, -0.2) is 23.7 Å². The van der Waals surface area contributed by atoms with Gasteiger partial charge in [-0.25, -0.2) is 0 Å². The Morgan fingerprint density at radius 3 is 2.89 bits per heavy atom. The molecule has 100 valence electrons. The molecule has 3 heteroatoms. The predicted octanol–water partition coefficient (Wildman–Crippen LogP) is 4.06. The van der Waals surface area contributed by atoms with E-state index in [2.05, 4.69) is 53.8 Å². The maximum atomic E-state index is 6.07. The second kappa shape index (κ2) is 7.46. The Labute approximate surface area is 123 Å². The van der Waals surface area contributed by atoms with E-state index in [0.717, 1.165) is 24.1 Å². The minimum Gasteiger partial charge on any atom is -0.376 e. The summed E-state index contributed by atoms with van der Waals surface area (Å²) in [4.78, 5) is 0. The molecule has 1 aliphatic heterocycles. The normalized spacial score (nSPS) is 21.8. The van der Waals surface area contributed by atoms with E-state index >= 15 is 0 Å². The second-order valence-electron chi connectivity index (χ2n) is 4.82. The average Bonchev–Trinajstić information content (AvgIpc) is 2.42. The molecule has 1 heterocycles. The third-order valence-electron chi connectivity index (χ3n) is 3.43. The Morgan fingerprint density at radius 1 is 1.39 bits per heavy atom. The number of ether oxygens (including phenoxy) is 2.